The minimum atomic E-state index is -0.550. The van der Waals surface area contributed by atoms with Crippen molar-refractivity contribution >= 4 is 5.69 Å². The predicted octanol–water partition coefficient (Wildman–Crippen LogP) is 3.96. The Balaban J connectivity index is 2.80. The van der Waals surface area contributed by atoms with Crippen LogP contribution in [0.3, 0.4) is 0 Å². The summed E-state index contributed by atoms with van der Waals surface area (Å²) in [7, 11) is 0. The number of hydrogen-bond donors (Lipinski definition) is 1. The van der Waals surface area contributed by atoms with Gasteiger partial charge in [-0.05, 0) is 32.4 Å². The van der Waals surface area contributed by atoms with Crippen LogP contribution in [0.4, 0.5) is 14.5 Å². The molecular weight excluding hydrogens is 196 g/mol. The lowest BCUT2D eigenvalue weighted by atomic mass is 9.98. The van der Waals surface area contributed by atoms with E-state index in [-0.39, 0.29) is 5.54 Å². The molecule has 1 aromatic carbocycles. The Labute approximate surface area is 89.5 Å². The van der Waals surface area contributed by atoms with Gasteiger partial charge in [0.15, 0.2) is 0 Å². The van der Waals surface area contributed by atoms with Crippen LogP contribution in [0.25, 0.3) is 0 Å². The van der Waals surface area contributed by atoms with Crippen molar-refractivity contribution in [2.24, 2.45) is 0 Å². The van der Waals surface area contributed by atoms with Gasteiger partial charge in [-0.2, -0.15) is 0 Å². The molecule has 84 valence electrons. The summed E-state index contributed by atoms with van der Waals surface area (Å²) in [4.78, 5) is 0. The lowest BCUT2D eigenvalue weighted by Crippen LogP contribution is -2.30. The monoisotopic (exact) mass is 213 g/mol. The molecule has 0 saturated carbocycles. The predicted molar refractivity (Wildman–Crippen MR) is 59.0 cm³/mol. The Kier molecular flexibility index (Phi) is 3.66. The van der Waals surface area contributed by atoms with Crippen molar-refractivity contribution in [2.45, 2.75) is 39.2 Å². The summed E-state index contributed by atoms with van der Waals surface area (Å²) < 4.78 is 26.0. The van der Waals surface area contributed by atoms with Crippen LogP contribution in [-0.2, 0) is 0 Å². The zero-order chi connectivity index (χ0) is 11.5. The van der Waals surface area contributed by atoms with E-state index in [1.54, 1.807) is 0 Å². The van der Waals surface area contributed by atoms with Crippen LogP contribution in [-0.4, -0.2) is 5.54 Å². The standard InChI is InChI=1S/C12H17F2N/c1-4-7-12(2,3)15-11-6-5-9(13)8-10(11)14/h5-6,8,15H,4,7H2,1-3H3. The molecule has 0 aromatic heterocycles. The van der Waals surface area contributed by atoms with Gasteiger partial charge in [-0.1, -0.05) is 13.3 Å². The first-order chi connectivity index (χ1) is 6.94. The summed E-state index contributed by atoms with van der Waals surface area (Å²) in [5, 5.41) is 3.07. The summed E-state index contributed by atoms with van der Waals surface area (Å²) in [5.41, 5.74) is 0.183. The molecule has 1 aromatic rings. The maximum atomic E-state index is 13.3. The molecule has 0 aliphatic heterocycles. The zero-order valence-electron chi connectivity index (χ0n) is 9.40. The van der Waals surface area contributed by atoms with E-state index >= 15 is 0 Å². The molecule has 0 bridgehead atoms. The normalized spacial score (nSPS) is 11.5. The second-order valence-electron chi connectivity index (χ2n) is 4.38. The van der Waals surface area contributed by atoms with Crippen molar-refractivity contribution in [3.63, 3.8) is 0 Å². The van der Waals surface area contributed by atoms with Crippen LogP contribution in [0.15, 0.2) is 18.2 Å². The first kappa shape index (κ1) is 12.0. The third kappa shape index (κ3) is 3.50. The molecule has 0 radical (unpaired) electrons. The van der Waals surface area contributed by atoms with Gasteiger partial charge in [-0.25, -0.2) is 8.78 Å². The topological polar surface area (TPSA) is 12.0 Å². The molecule has 15 heavy (non-hydrogen) atoms. The minimum absolute atomic E-state index is 0.173. The van der Waals surface area contributed by atoms with Gasteiger partial charge < -0.3 is 5.32 Å². The van der Waals surface area contributed by atoms with E-state index in [1.165, 1.54) is 12.1 Å². The largest absolute Gasteiger partial charge is 0.378 e. The summed E-state index contributed by atoms with van der Waals surface area (Å²) in [6.45, 7) is 6.07. The van der Waals surface area contributed by atoms with Crippen molar-refractivity contribution in [3.8, 4) is 0 Å². The molecule has 1 nitrogen and oxygen atoms in total. The van der Waals surface area contributed by atoms with E-state index in [2.05, 4.69) is 12.2 Å². The van der Waals surface area contributed by atoms with Gasteiger partial charge in [-0.15, -0.1) is 0 Å². The molecule has 1 N–H and O–H groups in total. The van der Waals surface area contributed by atoms with Crippen molar-refractivity contribution in [1.82, 2.24) is 0 Å². The average Bonchev–Trinajstić information content (AvgIpc) is 2.09. The molecule has 0 spiro atoms. The quantitative estimate of drug-likeness (QED) is 0.798. The SMILES string of the molecule is CCCC(C)(C)Nc1ccc(F)cc1F. The summed E-state index contributed by atoms with van der Waals surface area (Å²) >= 11 is 0. The van der Waals surface area contributed by atoms with Crippen LogP contribution in [0.2, 0.25) is 0 Å². The number of halogens is 2. The minimum Gasteiger partial charge on any atom is -0.378 e. The molecule has 0 fully saturated rings. The maximum Gasteiger partial charge on any atom is 0.149 e. The second kappa shape index (κ2) is 4.60. The molecule has 0 heterocycles. The Bertz CT molecular complexity index is 334. The van der Waals surface area contributed by atoms with Gasteiger partial charge in [0.2, 0.25) is 0 Å². The lowest BCUT2D eigenvalue weighted by molar-refractivity contribution is 0.503. The van der Waals surface area contributed by atoms with E-state index in [4.69, 9.17) is 0 Å². The molecule has 0 atom stereocenters. The molecule has 0 aliphatic rings. The number of nitrogens with one attached hydrogen (secondary N) is 1. The van der Waals surface area contributed by atoms with Gasteiger partial charge in [0.05, 0.1) is 5.69 Å². The van der Waals surface area contributed by atoms with E-state index in [0.29, 0.717) is 5.69 Å². The fraction of sp³-hybridized carbons (Fsp3) is 0.500. The van der Waals surface area contributed by atoms with Crippen LogP contribution in [0.1, 0.15) is 33.6 Å². The van der Waals surface area contributed by atoms with Crippen LogP contribution < -0.4 is 5.32 Å². The van der Waals surface area contributed by atoms with E-state index in [9.17, 15) is 8.78 Å². The second-order valence-corrected chi connectivity index (χ2v) is 4.38. The molecular formula is C12H17F2N. The maximum absolute atomic E-state index is 13.3. The third-order valence-electron chi connectivity index (χ3n) is 2.28. The summed E-state index contributed by atoms with van der Waals surface area (Å²) in [5.74, 6) is -1.09. The number of rotatable bonds is 4. The average molecular weight is 213 g/mol. The van der Waals surface area contributed by atoms with E-state index in [1.807, 2.05) is 13.8 Å². The van der Waals surface area contributed by atoms with Gasteiger partial charge in [0.25, 0.3) is 0 Å². The number of anilines is 1. The fourth-order valence-corrected chi connectivity index (χ4v) is 1.64. The highest BCUT2D eigenvalue weighted by Gasteiger charge is 2.17. The Morgan fingerprint density at radius 3 is 2.47 bits per heavy atom. The molecule has 0 amide bonds. The van der Waals surface area contributed by atoms with Crippen LogP contribution in [0.5, 0.6) is 0 Å². The third-order valence-corrected chi connectivity index (χ3v) is 2.28. The van der Waals surface area contributed by atoms with Crippen molar-refractivity contribution in [1.29, 1.82) is 0 Å². The van der Waals surface area contributed by atoms with Crippen LogP contribution in [0, 0.1) is 11.6 Å². The van der Waals surface area contributed by atoms with Gasteiger partial charge in [0, 0.05) is 11.6 Å². The van der Waals surface area contributed by atoms with Crippen molar-refractivity contribution < 1.29 is 8.78 Å². The number of benzene rings is 1. The smallest absolute Gasteiger partial charge is 0.149 e. The first-order valence-corrected chi connectivity index (χ1v) is 5.18. The molecule has 3 heteroatoms. The van der Waals surface area contributed by atoms with E-state index < -0.39 is 11.6 Å². The Hall–Kier alpha value is -1.12. The van der Waals surface area contributed by atoms with Gasteiger partial charge >= 0.3 is 0 Å². The highest BCUT2D eigenvalue weighted by molar-refractivity contribution is 5.46. The van der Waals surface area contributed by atoms with Crippen molar-refractivity contribution in [3.05, 3.63) is 29.8 Å². The highest BCUT2D eigenvalue weighted by atomic mass is 19.1. The molecule has 1 rings (SSSR count). The Morgan fingerprint density at radius 2 is 1.93 bits per heavy atom. The molecule has 0 aliphatic carbocycles. The Morgan fingerprint density at radius 1 is 1.27 bits per heavy atom. The first-order valence-electron chi connectivity index (χ1n) is 5.18. The fourth-order valence-electron chi connectivity index (χ4n) is 1.64. The van der Waals surface area contributed by atoms with Crippen molar-refractivity contribution in [2.75, 3.05) is 5.32 Å². The number of hydrogen-bond acceptors (Lipinski definition) is 1. The van der Waals surface area contributed by atoms with Gasteiger partial charge in [0.1, 0.15) is 11.6 Å². The molecule has 0 unspecified atom stereocenters. The summed E-state index contributed by atoms with van der Waals surface area (Å²) in [6.07, 6.45) is 1.95. The zero-order valence-corrected chi connectivity index (χ0v) is 9.40. The van der Waals surface area contributed by atoms with Gasteiger partial charge in [-0.3, -0.25) is 0 Å². The highest BCUT2D eigenvalue weighted by Crippen LogP contribution is 2.22. The van der Waals surface area contributed by atoms with Crippen LogP contribution >= 0.6 is 0 Å². The molecule has 0 saturated heterocycles. The van der Waals surface area contributed by atoms with E-state index in [0.717, 1.165) is 18.9 Å². The summed E-state index contributed by atoms with van der Waals surface area (Å²) in [6, 6.07) is 3.58. The lowest BCUT2D eigenvalue weighted by Gasteiger charge is -2.27.